The summed E-state index contributed by atoms with van der Waals surface area (Å²) in [5.41, 5.74) is 0.964. The number of hydrogen-bond donors (Lipinski definition) is 2. The van der Waals surface area contributed by atoms with Crippen LogP contribution < -0.4 is 10.1 Å². The molecule has 0 aliphatic carbocycles. The van der Waals surface area contributed by atoms with Crippen molar-refractivity contribution in [1.29, 1.82) is 0 Å². The van der Waals surface area contributed by atoms with Crippen molar-refractivity contribution in [3.05, 3.63) is 27.7 Å². The van der Waals surface area contributed by atoms with Crippen molar-refractivity contribution in [3.8, 4) is 5.75 Å². The molecule has 1 aliphatic rings. The number of aliphatic hydroxyl groups is 1. The molecule has 0 bridgehead atoms. The normalized spacial score (nSPS) is 24.0. The van der Waals surface area contributed by atoms with Gasteiger partial charge in [0.1, 0.15) is 5.75 Å². The third-order valence-electron chi connectivity index (χ3n) is 3.44. The van der Waals surface area contributed by atoms with Gasteiger partial charge >= 0.3 is 0 Å². The van der Waals surface area contributed by atoms with Gasteiger partial charge in [0.25, 0.3) is 0 Å². The Morgan fingerprint density at radius 2 is 2.22 bits per heavy atom. The molecule has 0 saturated carbocycles. The van der Waals surface area contributed by atoms with E-state index in [1.54, 1.807) is 13.2 Å². The van der Waals surface area contributed by atoms with Gasteiger partial charge in [0.15, 0.2) is 0 Å². The van der Waals surface area contributed by atoms with Crippen LogP contribution in [0.15, 0.2) is 12.1 Å². The Hall–Kier alpha value is -0.480. The van der Waals surface area contributed by atoms with Crippen LogP contribution in [0.5, 0.6) is 5.75 Å². The highest BCUT2D eigenvalue weighted by Gasteiger charge is 2.27. The zero-order valence-electron chi connectivity index (χ0n) is 10.2. The molecule has 0 unspecified atom stereocenters. The van der Waals surface area contributed by atoms with Gasteiger partial charge in [0.05, 0.1) is 23.8 Å². The van der Waals surface area contributed by atoms with Gasteiger partial charge in [-0.1, -0.05) is 23.2 Å². The van der Waals surface area contributed by atoms with E-state index >= 15 is 0 Å². The molecular formula is C13H17Cl2NO2. The van der Waals surface area contributed by atoms with E-state index in [4.69, 9.17) is 27.9 Å². The van der Waals surface area contributed by atoms with E-state index in [0.29, 0.717) is 10.0 Å². The Balaban J connectivity index is 2.34. The van der Waals surface area contributed by atoms with Crippen LogP contribution in [0.3, 0.4) is 0 Å². The number of rotatable bonds is 3. The van der Waals surface area contributed by atoms with Gasteiger partial charge in [0, 0.05) is 11.6 Å². The van der Waals surface area contributed by atoms with Crippen molar-refractivity contribution in [2.24, 2.45) is 0 Å². The second kappa shape index (κ2) is 6.11. The second-order valence-electron chi connectivity index (χ2n) is 4.53. The van der Waals surface area contributed by atoms with E-state index in [1.165, 1.54) is 0 Å². The molecule has 1 aliphatic heterocycles. The first kappa shape index (κ1) is 13.9. The average Bonchev–Trinajstić information content (AvgIpc) is 2.41. The molecule has 5 heteroatoms. The lowest BCUT2D eigenvalue weighted by Gasteiger charge is -2.31. The van der Waals surface area contributed by atoms with Crippen LogP contribution in [0, 0.1) is 0 Å². The Bertz CT molecular complexity index is 426. The van der Waals surface area contributed by atoms with E-state index in [-0.39, 0.29) is 18.6 Å². The third kappa shape index (κ3) is 2.75. The zero-order chi connectivity index (χ0) is 13.1. The quantitative estimate of drug-likeness (QED) is 0.899. The first-order valence-corrected chi connectivity index (χ1v) is 6.79. The molecule has 2 rings (SSSR count). The van der Waals surface area contributed by atoms with E-state index in [2.05, 4.69) is 5.32 Å². The first-order chi connectivity index (χ1) is 8.67. The Labute approximate surface area is 117 Å². The minimum atomic E-state index is 0.114. The number of piperidine rings is 1. The maximum absolute atomic E-state index is 9.25. The highest BCUT2D eigenvalue weighted by atomic mass is 35.5. The molecule has 2 atom stereocenters. The molecule has 1 fully saturated rings. The van der Waals surface area contributed by atoms with Gasteiger partial charge in [-0.2, -0.15) is 0 Å². The van der Waals surface area contributed by atoms with Crippen molar-refractivity contribution in [3.63, 3.8) is 0 Å². The molecule has 1 aromatic rings. The maximum Gasteiger partial charge on any atom is 0.123 e. The van der Waals surface area contributed by atoms with Crippen LogP contribution in [0.4, 0.5) is 0 Å². The van der Waals surface area contributed by atoms with Gasteiger partial charge in [0.2, 0.25) is 0 Å². The molecule has 0 radical (unpaired) electrons. The standard InChI is InChI=1S/C13H17Cl2NO2/c1-18-11-3-2-10(14)13(15)12(11)8-4-5-16-9(6-8)7-17/h2-3,8-9,16-17H,4-7H2,1H3/t8-,9+/m1/s1. The molecule has 1 aromatic carbocycles. The third-order valence-corrected chi connectivity index (χ3v) is 4.25. The zero-order valence-corrected chi connectivity index (χ0v) is 11.8. The van der Waals surface area contributed by atoms with Gasteiger partial charge in [-0.3, -0.25) is 0 Å². The molecule has 0 amide bonds. The predicted octanol–water partition coefficient (Wildman–Crippen LogP) is 2.83. The van der Waals surface area contributed by atoms with Gasteiger partial charge in [-0.25, -0.2) is 0 Å². The summed E-state index contributed by atoms with van der Waals surface area (Å²) in [7, 11) is 1.63. The van der Waals surface area contributed by atoms with Crippen LogP contribution in [0.25, 0.3) is 0 Å². The van der Waals surface area contributed by atoms with Crippen LogP contribution in [0.2, 0.25) is 10.0 Å². The molecule has 2 N–H and O–H groups in total. The van der Waals surface area contributed by atoms with Crippen LogP contribution in [0.1, 0.15) is 24.3 Å². The topological polar surface area (TPSA) is 41.5 Å². The number of halogens is 2. The summed E-state index contributed by atoms with van der Waals surface area (Å²) < 4.78 is 5.38. The van der Waals surface area contributed by atoms with Crippen LogP contribution in [-0.2, 0) is 0 Å². The minimum Gasteiger partial charge on any atom is -0.496 e. The molecular weight excluding hydrogens is 273 g/mol. The first-order valence-electron chi connectivity index (χ1n) is 6.03. The molecule has 0 spiro atoms. The summed E-state index contributed by atoms with van der Waals surface area (Å²) in [6.45, 7) is 0.999. The van der Waals surface area contributed by atoms with Crippen LogP contribution in [-0.4, -0.2) is 31.4 Å². The van der Waals surface area contributed by atoms with Crippen LogP contribution >= 0.6 is 23.2 Å². The minimum absolute atomic E-state index is 0.114. The maximum atomic E-state index is 9.25. The van der Waals surface area contributed by atoms with E-state index < -0.39 is 0 Å². The lowest BCUT2D eigenvalue weighted by Crippen LogP contribution is -2.39. The average molecular weight is 290 g/mol. The highest BCUT2D eigenvalue weighted by Crippen LogP contribution is 2.42. The number of ether oxygens (including phenoxy) is 1. The van der Waals surface area contributed by atoms with Gasteiger partial charge in [-0.15, -0.1) is 0 Å². The Morgan fingerprint density at radius 1 is 1.44 bits per heavy atom. The van der Waals surface area contributed by atoms with Gasteiger partial charge < -0.3 is 15.2 Å². The summed E-state index contributed by atoms with van der Waals surface area (Å²) in [5.74, 6) is 1.04. The number of nitrogens with one attached hydrogen (secondary N) is 1. The van der Waals surface area contributed by atoms with Gasteiger partial charge in [-0.05, 0) is 37.4 Å². The smallest absolute Gasteiger partial charge is 0.123 e. The second-order valence-corrected chi connectivity index (χ2v) is 5.32. The van der Waals surface area contributed by atoms with Crippen molar-refractivity contribution in [2.75, 3.05) is 20.3 Å². The number of methoxy groups -OCH3 is 1. The summed E-state index contributed by atoms with van der Waals surface area (Å²) in [4.78, 5) is 0. The number of hydrogen-bond acceptors (Lipinski definition) is 3. The summed E-state index contributed by atoms with van der Waals surface area (Å²) in [6, 6.07) is 3.71. The predicted molar refractivity (Wildman–Crippen MR) is 73.9 cm³/mol. The lowest BCUT2D eigenvalue weighted by molar-refractivity contribution is 0.209. The summed E-state index contributed by atoms with van der Waals surface area (Å²) >= 11 is 12.4. The van der Waals surface area contributed by atoms with Crippen molar-refractivity contribution in [1.82, 2.24) is 5.32 Å². The molecule has 1 heterocycles. The molecule has 3 nitrogen and oxygen atoms in total. The van der Waals surface area contributed by atoms with Crippen molar-refractivity contribution in [2.45, 2.75) is 24.8 Å². The number of aliphatic hydroxyl groups excluding tert-OH is 1. The van der Waals surface area contributed by atoms with E-state index in [0.717, 1.165) is 30.7 Å². The Morgan fingerprint density at radius 3 is 2.89 bits per heavy atom. The highest BCUT2D eigenvalue weighted by molar-refractivity contribution is 6.42. The molecule has 1 saturated heterocycles. The largest absolute Gasteiger partial charge is 0.496 e. The Kier molecular flexibility index (Phi) is 4.73. The van der Waals surface area contributed by atoms with E-state index in [1.807, 2.05) is 6.07 Å². The molecule has 100 valence electrons. The summed E-state index contributed by atoms with van der Waals surface area (Å²) in [6.07, 6.45) is 1.81. The molecule has 18 heavy (non-hydrogen) atoms. The fourth-order valence-corrected chi connectivity index (χ4v) is 2.99. The van der Waals surface area contributed by atoms with E-state index in [9.17, 15) is 5.11 Å². The molecule has 0 aromatic heterocycles. The lowest BCUT2D eigenvalue weighted by atomic mass is 9.86. The van der Waals surface area contributed by atoms with Crippen molar-refractivity contribution >= 4 is 23.2 Å². The monoisotopic (exact) mass is 289 g/mol. The SMILES string of the molecule is COc1ccc(Cl)c(Cl)c1[C@@H]1CCN[C@H](CO)C1. The van der Waals surface area contributed by atoms with Crippen molar-refractivity contribution < 1.29 is 9.84 Å². The number of benzene rings is 1. The summed E-state index contributed by atoms with van der Waals surface area (Å²) in [5, 5.41) is 13.6. The fraction of sp³-hybridized carbons (Fsp3) is 0.538. The fourth-order valence-electron chi connectivity index (χ4n) is 2.51.